The summed E-state index contributed by atoms with van der Waals surface area (Å²) in [6, 6.07) is 0. The van der Waals surface area contributed by atoms with Gasteiger partial charge < -0.3 is 34.4 Å². The molecule has 2 N–H and O–H groups in total. The van der Waals surface area contributed by atoms with Crippen molar-refractivity contribution in [3.63, 3.8) is 0 Å². The summed E-state index contributed by atoms with van der Waals surface area (Å²) in [5.74, 6) is -2.29. The number of nitrogens with zero attached hydrogens (tertiary/aromatic N) is 1. The topological polar surface area (TPSA) is 176 Å². The van der Waals surface area contributed by atoms with Gasteiger partial charge in [-0.1, -0.05) is 6.92 Å². The van der Waals surface area contributed by atoms with Crippen molar-refractivity contribution in [1.29, 1.82) is 0 Å². The van der Waals surface area contributed by atoms with Gasteiger partial charge in [-0.25, -0.2) is 4.79 Å². The second-order valence-electron chi connectivity index (χ2n) is 8.99. The van der Waals surface area contributed by atoms with Gasteiger partial charge in [0.15, 0.2) is 0 Å². The van der Waals surface area contributed by atoms with Crippen molar-refractivity contribution in [2.45, 2.75) is 51.9 Å². The van der Waals surface area contributed by atoms with Crippen LogP contribution in [0, 0.1) is 5.41 Å². The normalized spacial score (nSPS) is 13.5. The molecule has 1 aliphatic rings. The van der Waals surface area contributed by atoms with Crippen molar-refractivity contribution in [2.75, 3.05) is 67.0 Å². The Morgan fingerprint density at radius 3 is 1.54 bits per heavy atom. The van der Waals surface area contributed by atoms with Crippen LogP contribution in [0.3, 0.4) is 0 Å². The van der Waals surface area contributed by atoms with Crippen LogP contribution < -0.4 is 10.6 Å². The lowest BCUT2D eigenvalue weighted by atomic mass is 9.92. The summed E-state index contributed by atoms with van der Waals surface area (Å²) in [6.07, 6.45) is 0.667. The average Bonchev–Trinajstić information content (AvgIpc) is 3.25. The molecule has 0 bridgehead atoms. The number of rotatable bonds is 22. The Labute approximate surface area is 228 Å². The van der Waals surface area contributed by atoms with E-state index in [2.05, 4.69) is 10.6 Å². The smallest absolute Gasteiger partial charge is 0.335 e. The lowest BCUT2D eigenvalue weighted by Crippen LogP contribution is -2.42. The predicted molar refractivity (Wildman–Crippen MR) is 135 cm³/mol. The van der Waals surface area contributed by atoms with Crippen LogP contribution in [0.4, 0.5) is 0 Å². The maximum Gasteiger partial charge on any atom is 0.335 e. The van der Waals surface area contributed by atoms with Gasteiger partial charge >= 0.3 is 5.97 Å². The molecule has 222 valence electrons. The molecule has 0 saturated carbocycles. The highest BCUT2D eigenvalue weighted by Gasteiger charge is 2.34. The number of Topliss-reactive ketones (excluding diaryl/α,β-unsaturated/α-hetero) is 1. The van der Waals surface area contributed by atoms with E-state index >= 15 is 0 Å². The molecule has 14 nitrogen and oxygen atoms in total. The molecule has 0 atom stereocenters. The summed E-state index contributed by atoms with van der Waals surface area (Å²) in [7, 11) is 3.04. The fourth-order valence-electron chi connectivity index (χ4n) is 3.31. The lowest BCUT2D eigenvalue weighted by molar-refractivity contribution is -0.198. The molecule has 0 unspecified atom stereocenters. The molecule has 0 aromatic heterocycles. The van der Waals surface area contributed by atoms with Crippen molar-refractivity contribution in [1.82, 2.24) is 15.7 Å². The van der Waals surface area contributed by atoms with Gasteiger partial charge in [-0.05, 0) is 0 Å². The Hall–Kier alpha value is -2.94. The van der Waals surface area contributed by atoms with Gasteiger partial charge in [-0.3, -0.25) is 24.0 Å². The number of imide groups is 1. The zero-order valence-corrected chi connectivity index (χ0v) is 23.0. The van der Waals surface area contributed by atoms with Crippen LogP contribution in [0.1, 0.15) is 51.9 Å². The van der Waals surface area contributed by atoms with E-state index in [1.54, 1.807) is 6.92 Å². The molecule has 0 radical (unpaired) electrons. The molecule has 1 aliphatic heterocycles. The van der Waals surface area contributed by atoms with Crippen LogP contribution >= 0.6 is 0 Å². The van der Waals surface area contributed by atoms with Crippen molar-refractivity contribution < 1.29 is 52.6 Å². The number of carbonyl (C=O) groups is 6. The summed E-state index contributed by atoms with van der Waals surface area (Å²) >= 11 is 0. The van der Waals surface area contributed by atoms with Crippen molar-refractivity contribution in [3.05, 3.63) is 0 Å². The first kappa shape index (κ1) is 34.1. The number of amides is 4. The Morgan fingerprint density at radius 1 is 0.718 bits per heavy atom. The Morgan fingerprint density at radius 2 is 1.13 bits per heavy atom. The first-order valence-corrected chi connectivity index (χ1v) is 13.0. The van der Waals surface area contributed by atoms with Gasteiger partial charge in [-0.2, -0.15) is 0 Å². The Kier molecular flexibility index (Phi) is 16.8. The number of ether oxygens (including phenoxy) is 4. The Balaban J connectivity index is 2.77. The standard InChI is InChI=1S/C25H41N3O11/c1-4-19(29)7-11-35-15-25(16-36-12-8-20(30)26-2,17-37-13-9-21(31)27-3)18-38-14-10-24(34)39-28-22(32)5-6-23(28)33/h4-18H2,1-3H3,(H,26,30)(H,27,31). The van der Waals surface area contributed by atoms with Crippen LogP contribution in [-0.2, 0) is 52.6 Å². The van der Waals surface area contributed by atoms with Crippen LogP contribution in [0.5, 0.6) is 0 Å². The molecule has 0 aromatic rings. The quantitative estimate of drug-likeness (QED) is 0.131. The van der Waals surface area contributed by atoms with E-state index in [0.717, 1.165) is 0 Å². The third-order valence-electron chi connectivity index (χ3n) is 5.71. The van der Waals surface area contributed by atoms with Crippen LogP contribution in [0.2, 0.25) is 0 Å². The lowest BCUT2D eigenvalue weighted by Gasteiger charge is -2.33. The molecule has 1 rings (SSSR count). The monoisotopic (exact) mass is 559 g/mol. The molecule has 0 spiro atoms. The molecule has 0 aromatic carbocycles. The fourth-order valence-corrected chi connectivity index (χ4v) is 3.31. The minimum Gasteiger partial charge on any atom is -0.380 e. The average molecular weight is 560 g/mol. The van der Waals surface area contributed by atoms with Gasteiger partial charge in [0.1, 0.15) is 5.78 Å². The fraction of sp³-hybridized carbons (Fsp3) is 0.760. The van der Waals surface area contributed by atoms with Gasteiger partial charge in [0, 0.05) is 52.6 Å². The SMILES string of the molecule is CCC(=O)CCOCC(COCCC(=O)NC)(COCCC(=O)NC)COCCC(=O)ON1C(=O)CCC1=O. The van der Waals surface area contributed by atoms with E-state index in [1.165, 1.54) is 14.1 Å². The van der Waals surface area contributed by atoms with E-state index in [9.17, 15) is 28.8 Å². The minimum atomic E-state index is -0.897. The maximum atomic E-state index is 12.1. The number of ketones is 1. The largest absolute Gasteiger partial charge is 0.380 e. The molecule has 1 fully saturated rings. The van der Waals surface area contributed by atoms with E-state index in [-0.39, 0.29) is 109 Å². The molecule has 39 heavy (non-hydrogen) atoms. The zero-order chi connectivity index (χ0) is 29.1. The number of hydroxylamine groups is 2. The van der Waals surface area contributed by atoms with Crippen molar-refractivity contribution in [2.24, 2.45) is 5.41 Å². The zero-order valence-electron chi connectivity index (χ0n) is 23.0. The summed E-state index contributed by atoms with van der Waals surface area (Å²) in [5, 5.41) is 5.49. The minimum absolute atomic E-state index is 0.00350. The van der Waals surface area contributed by atoms with E-state index in [4.69, 9.17) is 23.8 Å². The van der Waals surface area contributed by atoms with Crippen LogP contribution in [0.25, 0.3) is 0 Å². The third kappa shape index (κ3) is 14.1. The first-order chi connectivity index (χ1) is 18.7. The molecule has 0 aliphatic carbocycles. The highest BCUT2D eigenvalue weighted by atomic mass is 16.7. The molecule has 14 heteroatoms. The van der Waals surface area contributed by atoms with Gasteiger partial charge in [0.25, 0.3) is 11.8 Å². The molecular weight excluding hydrogens is 518 g/mol. The molecule has 1 heterocycles. The highest BCUT2D eigenvalue weighted by Crippen LogP contribution is 2.22. The third-order valence-corrected chi connectivity index (χ3v) is 5.71. The summed E-state index contributed by atoms with van der Waals surface area (Å²) in [6.45, 7) is 2.29. The summed E-state index contributed by atoms with van der Waals surface area (Å²) in [5.41, 5.74) is -0.897. The van der Waals surface area contributed by atoms with E-state index in [0.29, 0.717) is 11.5 Å². The molecule has 1 saturated heterocycles. The highest BCUT2D eigenvalue weighted by molar-refractivity contribution is 6.01. The second-order valence-corrected chi connectivity index (χ2v) is 8.99. The first-order valence-electron chi connectivity index (χ1n) is 13.0. The predicted octanol–water partition coefficient (Wildman–Crippen LogP) is -0.322. The van der Waals surface area contributed by atoms with E-state index in [1.807, 2.05) is 0 Å². The molecule has 4 amide bonds. The van der Waals surface area contributed by atoms with Crippen molar-refractivity contribution in [3.8, 4) is 0 Å². The van der Waals surface area contributed by atoms with Gasteiger partial charge in [0.05, 0.1) is 64.7 Å². The summed E-state index contributed by atoms with van der Waals surface area (Å²) in [4.78, 5) is 75.0. The van der Waals surface area contributed by atoms with Crippen LogP contribution in [0.15, 0.2) is 0 Å². The number of nitrogens with one attached hydrogen (secondary N) is 2. The number of hydrogen-bond donors (Lipinski definition) is 2. The number of hydrogen-bond acceptors (Lipinski definition) is 11. The van der Waals surface area contributed by atoms with Crippen molar-refractivity contribution >= 4 is 35.4 Å². The summed E-state index contributed by atoms with van der Waals surface area (Å²) < 4.78 is 23.0. The molecular formula is C25H41N3O11. The van der Waals surface area contributed by atoms with E-state index < -0.39 is 23.2 Å². The van der Waals surface area contributed by atoms with Crippen LogP contribution in [-0.4, -0.2) is 107 Å². The Bertz CT molecular complexity index is 758. The van der Waals surface area contributed by atoms with Gasteiger partial charge in [0.2, 0.25) is 11.8 Å². The maximum absolute atomic E-state index is 12.1. The van der Waals surface area contributed by atoms with Gasteiger partial charge in [-0.15, -0.1) is 5.06 Å². The number of carbonyl (C=O) groups excluding carboxylic acids is 6. The second kappa shape index (κ2) is 19.2.